The first-order chi connectivity index (χ1) is 8.58. The summed E-state index contributed by atoms with van der Waals surface area (Å²) in [5.74, 6) is 0.476. The smallest absolute Gasteiger partial charge is 0.223 e. The van der Waals surface area contributed by atoms with E-state index in [1.165, 1.54) is 11.1 Å². The second-order valence-electron chi connectivity index (χ2n) is 4.97. The molecular formula is C14H20N2O2. The molecule has 1 atom stereocenters. The van der Waals surface area contributed by atoms with Crippen LogP contribution in [0.15, 0.2) is 18.2 Å². The molecule has 4 heteroatoms. The second kappa shape index (κ2) is 5.40. The fraction of sp³-hybridized carbons (Fsp3) is 0.500. The molecule has 0 heterocycles. The molecular weight excluding hydrogens is 228 g/mol. The number of nitrogens with one attached hydrogen (secondary N) is 1. The van der Waals surface area contributed by atoms with Gasteiger partial charge >= 0.3 is 0 Å². The van der Waals surface area contributed by atoms with Crippen molar-refractivity contribution < 1.29 is 9.90 Å². The van der Waals surface area contributed by atoms with E-state index < -0.39 is 0 Å². The van der Waals surface area contributed by atoms with E-state index in [1.807, 2.05) is 12.1 Å². The Labute approximate surface area is 108 Å². The molecule has 0 aliphatic heterocycles. The van der Waals surface area contributed by atoms with Crippen molar-refractivity contribution in [2.45, 2.75) is 25.3 Å². The number of hydrogen-bond donors (Lipinski definition) is 2. The van der Waals surface area contributed by atoms with Crippen LogP contribution in [0.1, 0.15) is 30.0 Å². The average molecular weight is 248 g/mol. The molecule has 1 aromatic carbocycles. The van der Waals surface area contributed by atoms with Crippen LogP contribution >= 0.6 is 0 Å². The predicted molar refractivity (Wildman–Crippen MR) is 70.5 cm³/mol. The third-order valence-corrected chi connectivity index (χ3v) is 3.43. The van der Waals surface area contributed by atoms with Gasteiger partial charge in [0.15, 0.2) is 0 Å². The molecule has 0 aromatic heterocycles. The van der Waals surface area contributed by atoms with Crippen LogP contribution in [0.5, 0.6) is 5.75 Å². The Balaban J connectivity index is 1.88. The summed E-state index contributed by atoms with van der Waals surface area (Å²) in [6.07, 6.45) is 2.55. The zero-order chi connectivity index (χ0) is 13.1. The van der Waals surface area contributed by atoms with Crippen LogP contribution in [0.4, 0.5) is 0 Å². The second-order valence-corrected chi connectivity index (χ2v) is 4.97. The van der Waals surface area contributed by atoms with E-state index in [4.69, 9.17) is 0 Å². The lowest BCUT2D eigenvalue weighted by Gasteiger charge is -2.15. The van der Waals surface area contributed by atoms with Crippen molar-refractivity contribution in [2.24, 2.45) is 0 Å². The lowest BCUT2D eigenvalue weighted by molar-refractivity contribution is -0.128. The molecule has 0 bridgehead atoms. The molecule has 1 aromatic rings. The van der Waals surface area contributed by atoms with E-state index in [2.05, 4.69) is 5.32 Å². The van der Waals surface area contributed by atoms with Crippen molar-refractivity contribution in [3.63, 3.8) is 0 Å². The number of aryl methyl sites for hydroxylation is 1. The van der Waals surface area contributed by atoms with Crippen molar-refractivity contribution >= 4 is 5.91 Å². The summed E-state index contributed by atoms with van der Waals surface area (Å²) in [5, 5.41) is 12.8. The summed E-state index contributed by atoms with van der Waals surface area (Å²) in [4.78, 5) is 13.1. The third kappa shape index (κ3) is 2.82. The lowest BCUT2D eigenvalue weighted by atomic mass is 10.1. The number of phenolic OH excluding ortho intramolecular Hbond substituents is 1. The molecule has 0 radical (unpaired) electrons. The minimum atomic E-state index is 0.145. The van der Waals surface area contributed by atoms with Gasteiger partial charge in [-0.1, -0.05) is 6.07 Å². The Kier molecular flexibility index (Phi) is 3.87. The van der Waals surface area contributed by atoms with Crippen molar-refractivity contribution in [3.05, 3.63) is 29.3 Å². The molecule has 98 valence electrons. The van der Waals surface area contributed by atoms with Crippen LogP contribution < -0.4 is 5.32 Å². The Hall–Kier alpha value is -1.55. The van der Waals surface area contributed by atoms with Gasteiger partial charge < -0.3 is 15.3 Å². The third-order valence-electron chi connectivity index (χ3n) is 3.43. The van der Waals surface area contributed by atoms with Crippen molar-refractivity contribution in [1.29, 1.82) is 0 Å². The number of nitrogens with zero attached hydrogens (tertiary/aromatic N) is 1. The molecule has 2 rings (SSSR count). The Morgan fingerprint density at radius 2 is 2.28 bits per heavy atom. The number of carbonyl (C=O) groups excluding carboxylic acids is 1. The van der Waals surface area contributed by atoms with Gasteiger partial charge in [-0.15, -0.1) is 0 Å². The maximum Gasteiger partial charge on any atom is 0.223 e. The first-order valence-corrected chi connectivity index (χ1v) is 6.33. The van der Waals surface area contributed by atoms with Gasteiger partial charge in [0.2, 0.25) is 5.91 Å². The van der Waals surface area contributed by atoms with Gasteiger partial charge in [0.1, 0.15) is 5.75 Å². The molecule has 2 N–H and O–H groups in total. The van der Waals surface area contributed by atoms with Gasteiger partial charge in [-0.3, -0.25) is 4.79 Å². The highest BCUT2D eigenvalue weighted by Gasteiger charge is 2.22. The van der Waals surface area contributed by atoms with E-state index in [1.54, 1.807) is 25.1 Å². The first kappa shape index (κ1) is 12.9. The van der Waals surface area contributed by atoms with Gasteiger partial charge in [-0.2, -0.15) is 0 Å². The van der Waals surface area contributed by atoms with E-state index in [-0.39, 0.29) is 5.91 Å². The van der Waals surface area contributed by atoms with Crippen LogP contribution in [0.3, 0.4) is 0 Å². The highest BCUT2D eigenvalue weighted by molar-refractivity contribution is 5.75. The summed E-state index contributed by atoms with van der Waals surface area (Å²) in [6.45, 7) is 0.696. The van der Waals surface area contributed by atoms with E-state index >= 15 is 0 Å². The maximum atomic E-state index is 11.5. The van der Waals surface area contributed by atoms with Crippen LogP contribution in [-0.4, -0.2) is 36.6 Å². The number of amides is 1. The SMILES string of the molecule is CN(C)C(=O)CCNC1CCc2cc(O)ccc21. The summed E-state index contributed by atoms with van der Waals surface area (Å²) in [7, 11) is 3.55. The maximum absolute atomic E-state index is 11.5. The van der Waals surface area contributed by atoms with Crippen molar-refractivity contribution in [2.75, 3.05) is 20.6 Å². The minimum absolute atomic E-state index is 0.145. The molecule has 4 nitrogen and oxygen atoms in total. The number of hydrogen-bond acceptors (Lipinski definition) is 3. The highest BCUT2D eigenvalue weighted by atomic mass is 16.3. The Morgan fingerprint density at radius 3 is 3.00 bits per heavy atom. The largest absolute Gasteiger partial charge is 0.508 e. The minimum Gasteiger partial charge on any atom is -0.508 e. The summed E-state index contributed by atoms with van der Waals surface area (Å²) in [6, 6.07) is 5.85. The molecule has 18 heavy (non-hydrogen) atoms. The summed E-state index contributed by atoms with van der Waals surface area (Å²) in [5.41, 5.74) is 2.47. The average Bonchev–Trinajstić information content (AvgIpc) is 2.71. The van der Waals surface area contributed by atoms with Gasteiger partial charge in [0, 0.05) is 33.1 Å². The molecule has 1 aliphatic rings. The van der Waals surface area contributed by atoms with Crippen LogP contribution in [-0.2, 0) is 11.2 Å². The van der Waals surface area contributed by atoms with Gasteiger partial charge in [0.05, 0.1) is 0 Å². The van der Waals surface area contributed by atoms with Crippen LogP contribution in [0, 0.1) is 0 Å². The number of carbonyl (C=O) groups is 1. The van der Waals surface area contributed by atoms with Gasteiger partial charge in [-0.25, -0.2) is 0 Å². The molecule has 0 saturated heterocycles. The zero-order valence-corrected chi connectivity index (χ0v) is 10.9. The standard InChI is InChI=1S/C14H20N2O2/c1-16(2)14(18)7-8-15-13-6-3-10-9-11(17)4-5-12(10)13/h4-5,9,13,15,17H,3,6-8H2,1-2H3. The van der Waals surface area contributed by atoms with Crippen molar-refractivity contribution in [3.8, 4) is 5.75 Å². The molecule has 0 fully saturated rings. The Morgan fingerprint density at radius 1 is 1.50 bits per heavy atom. The summed E-state index contributed by atoms with van der Waals surface area (Å²) < 4.78 is 0. The van der Waals surface area contributed by atoms with E-state index in [0.29, 0.717) is 24.8 Å². The fourth-order valence-electron chi connectivity index (χ4n) is 2.39. The Bertz CT molecular complexity index is 443. The highest BCUT2D eigenvalue weighted by Crippen LogP contribution is 2.33. The zero-order valence-electron chi connectivity index (χ0n) is 10.9. The normalized spacial score (nSPS) is 17.6. The molecule has 1 aliphatic carbocycles. The van der Waals surface area contributed by atoms with Crippen molar-refractivity contribution in [1.82, 2.24) is 10.2 Å². The van der Waals surface area contributed by atoms with Gasteiger partial charge in [-0.05, 0) is 36.1 Å². The fourth-order valence-corrected chi connectivity index (χ4v) is 2.39. The quantitative estimate of drug-likeness (QED) is 0.848. The summed E-state index contributed by atoms with van der Waals surface area (Å²) >= 11 is 0. The topological polar surface area (TPSA) is 52.6 Å². The first-order valence-electron chi connectivity index (χ1n) is 6.33. The number of phenols is 1. The van der Waals surface area contributed by atoms with E-state index in [9.17, 15) is 9.90 Å². The number of benzene rings is 1. The monoisotopic (exact) mass is 248 g/mol. The molecule has 1 unspecified atom stereocenters. The number of fused-ring (bicyclic) bond motifs is 1. The molecule has 1 amide bonds. The number of aromatic hydroxyl groups is 1. The molecule has 0 spiro atoms. The lowest BCUT2D eigenvalue weighted by Crippen LogP contribution is -2.28. The van der Waals surface area contributed by atoms with Crippen LogP contribution in [0.2, 0.25) is 0 Å². The molecule has 0 saturated carbocycles. The van der Waals surface area contributed by atoms with Gasteiger partial charge in [0.25, 0.3) is 0 Å². The van der Waals surface area contributed by atoms with Crippen LogP contribution in [0.25, 0.3) is 0 Å². The predicted octanol–water partition coefficient (Wildman–Crippen LogP) is 1.45. The number of rotatable bonds is 4. The van der Waals surface area contributed by atoms with E-state index in [0.717, 1.165) is 12.8 Å².